The van der Waals surface area contributed by atoms with Gasteiger partial charge >= 0.3 is 6.18 Å². The third-order valence-corrected chi connectivity index (χ3v) is 5.20. The molecule has 0 saturated heterocycles. The molecule has 3 atom stereocenters. The van der Waals surface area contributed by atoms with E-state index in [0.29, 0.717) is 12.1 Å². The van der Waals surface area contributed by atoms with Gasteiger partial charge in [0.05, 0.1) is 17.3 Å². The molecule has 3 aromatic rings. The standard InChI is InChI=1S/C23H19F3N2O/c24-23(25,26)19-11-5-4-10-16(19)17-14-18(17)22(29)28-21(15-8-2-1-3-9-15)20-12-6-7-13-27-20/h1-13,17-18,21H,14H2,(H,28,29). The SMILES string of the molecule is O=C(NC(c1ccccc1)c1ccccn1)C1CC1c1ccccc1C(F)(F)F. The highest BCUT2D eigenvalue weighted by molar-refractivity contribution is 5.83. The zero-order chi connectivity index (χ0) is 20.4. The molecule has 148 valence electrons. The van der Waals surface area contributed by atoms with Gasteiger partial charge in [-0.2, -0.15) is 13.2 Å². The second kappa shape index (κ2) is 7.70. The molecule has 1 fully saturated rings. The van der Waals surface area contributed by atoms with Crippen molar-refractivity contribution in [3.05, 3.63) is 101 Å². The van der Waals surface area contributed by atoms with E-state index in [-0.39, 0.29) is 11.5 Å². The number of amides is 1. The van der Waals surface area contributed by atoms with Crippen molar-refractivity contribution in [2.75, 3.05) is 0 Å². The summed E-state index contributed by atoms with van der Waals surface area (Å²) in [4.78, 5) is 17.2. The second-order valence-corrected chi connectivity index (χ2v) is 7.14. The molecular formula is C23H19F3N2O. The van der Waals surface area contributed by atoms with E-state index in [9.17, 15) is 18.0 Å². The van der Waals surface area contributed by atoms with E-state index in [0.717, 1.165) is 11.6 Å². The maximum absolute atomic E-state index is 13.3. The van der Waals surface area contributed by atoms with Crippen LogP contribution in [-0.4, -0.2) is 10.9 Å². The maximum Gasteiger partial charge on any atom is 0.416 e. The summed E-state index contributed by atoms with van der Waals surface area (Å²) in [5.41, 5.74) is 1.08. The highest BCUT2D eigenvalue weighted by Gasteiger charge is 2.48. The number of benzene rings is 2. The molecule has 0 radical (unpaired) electrons. The lowest BCUT2D eigenvalue weighted by molar-refractivity contribution is -0.138. The van der Waals surface area contributed by atoms with Crippen LogP contribution in [0.4, 0.5) is 13.2 Å². The number of nitrogens with one attached hydrogen (secondary N) is 1. The predicted octanol–water partition coefficient (Wildman–Crippen LogP) is 5.11. The molecule has 3 unspecified atom stereocenters. The van der Waals surface area contributed by atoms with Gasteiger partial charge in [0.15, 0.2) is 0 Å². The minimum atomic E-state index is -4.43. The van der Waals surface area contributed by atoms with E-state index in [1.807, 2.05) is 42.5 Å². The van der Waals surface area contributed by atoms with Crippen LogP contribution in [0.3, 0.4) is 0 Å². The molecule has 1 saturated carbocycles. The van der Waals surface area contributed by atoms with Gasteiger partial charge in [-0.1, -0.05) is 54.6 Å². The molecule has 1 aromatic heterocycles. The van der Waals surface area contributed by atoms with Gasteiger partial charge in [-0.25, -0.2) is 0 Å². The Kier molecular flexibility index (Phi) is 5.09. The molecule has 3 nitrogen and oxygen atoms in total. The quantitative estimate of drug-likeness (QED) is 0.651. The first-order chi connectivity index (χ1) is 13.9. The van der Waals surface area contributed by atoms with Crippen LogP contribution in [0.15, 0.2) is 79.0 Å². The summed E-state index contributed by atoms with van der Waals surface area (Å²) in [5.74, 6) is -1.16. The van der Waals surface area contributed by atoms with E-state index in [4.69, 9.17) is 0 Å². The average Bonchev–Trinajstić information content (AvgIpc) is 3.53. The lowest BCUT2D eigenvalue weighted by Crippen LogP contribution is -2.31. The van der Waals surface area contributed by atoms with Gasteiger partial charge < -0.3 is 5.32 Å². The first kappa shape index (κ1) is 19.2. The molecule has 4 rings (SSSR count). The van der Waals surface area contributed by atoms with Gasteiger partial charge in [0.25, 0.3) is 0 Å². The zero-order valence-corrected chi connectivity index (χ0v) is 15.4. The van der Waals surface area contributed by atoms with E-state index in [2.05, 4.69) is 10.3 Å². The lowest BCUT2D eigenvalue weighted by atomic mass is 10.0. The van der Waals surface area contributed by atoms with Gasteiger partial charge in [0, 0.05) is 12.1 Å². The first-order valence-electron chi connectivity index (χ1n) is 9.37. The number of alkyl halides is 3. The number of hydrogen-bond donors (Lipinski definition) is 1. The molecule has 2 aromatic carbocycles. The number of rotatable bonds is 5. The summed E-state index contributed by atoms with van der Waals surface area (Å²) in [5, 5.41) is 2.99. The number of nitrogens with zero attached hydrogens (tertiary/aromatic N) is 1. The molecular weight excluding hydrogens is 377 g/mol. The largest absolute Gasteiger partial charge is 0.416 e. The Hall–Kier alpha value is -3.15. The van der Waals surface area contributed by atoms with Crippen LogP contribution >= 0.6 is 0 Å². The Morgan fingerprint density at radius 1 is 0.966 bits per heavy atom. The Bertz CT molecular complexity index is 950. The van der Waals surface area contributed by atoms with Gasteiger partial charge in [-0.3, -0.25) is 9.78 Å². The predicted molar refractivity (Wildman–Crippen MR) is 103 cm³/mol. The fourth-order valence-electron chi connectivity index (χ4n) is 3.68. The summed E-state index contributed by atoms with van der Waals surface area (Å²) >= 11 is 0. The van der Waals surface area contributed by atoms with Crippen LogP contribution < -0.4 is 5.32 Å². The molecule has 1 amide bonds. The number of carbonyl (C=O) groups is 1. The van der Waals surface area contributed by atoms with Crippen molar-refractivity contribution >= 4 is 5.91 Å². The van der Waals surface area contributed by atoms with E-state index in [1.54, 1.807) is 18.3 Å². The summed E-state index contributed by atoms with van der Waals surface area (Å²) in [6.45, 7) is 0. The minimum Gasteiger partial charge on any atom is -0.343 e. The number of pyridine rings is 1. The van der Waals surface area contributed by atoms with E-state index in [1.165, 1.54) is 12.1 Å². The van der Waals surface area contributed by atoms with Crippen molar-refractivity contribution in [2.45, 2.75) is 24.6 Å². The van der Waals surface area contributed by atoms with Crippen LogP contribution in [0.25, 0.3) is 0 Å². The minimum absolute atomic E-state index is 0.189. The highest BCUT2D eigenvalue weighted by atomic mass is 19.4. The molecule has 1 heterocycles. The number of carbonyl (C=O) groups excluding carboxylic acids is 1. The van der Waals surface area contributed by atoms with Gasteiger partial charge in [-0.05, 0) is 41.7 Å². The first-order valence-corrected chi connectivity index (χ1v) is 9.37. The van der Waals surface area contributed by atoms with Crippen LogP contribution in [0, 0.1) is 5.92 Å². The van der Waals surface area contributed by atoms with Gasteiger partial charge in [0.1, 0.15) is 0 Å². The van der Waals surface area contributed by atoms with Gasteiger partial charge in [0.2, 0.25) is 5.91 Å². The summed E-state index contributed by atoms with van der Waals surface area (Å²) in [6, 6.07) is 19.9. The topological polar surface area (TPSA) is 42.0 Å². The zero-order valence-electron chi connectivity index (χ0n) is 15.4. The Morgan fingerprint density at radius 3 is 2.34 bits per heavy atom. The average molecular weight is 396 g/mol. The van der Waals surface area contributed by atoms with Crippen molar-refractivity contribution in [1.29, 1.82) is 0 Å². The second-order valence-electron chi connectivity index (χ2n) is 7.14. The third-order valence-electron chi connectivity index (χ3n) is 5.20. The smallest absolute Gasteiger partial charge is 0.343 e. The van der Waals surface area contributed by atoms with Crippen LogP contribution in [0.1, 0.15) is 40.8 Å². The molecule has 0 aliphatic heterocycles. The van der Waals surface area contributed by atoms with Gasteiger partial charge in [-0.15, -0.1) is 0 Å². The highest BCUT2D eigenvalue weighted by Crippen LogP contribution is 2.51. The lowest BCUT2D eigenvalue weighted by Gasteiger charge is -2.19. The van der Waals surface area contributed by atoms with Crippen LogP contribution in [0.2, 0.25) is 0 Å². The molecule has 6 heteroatoms. The molecule has 0 spiro atoms. The third kappa shape index (κ3) is 4.16. The number of hydrogen-bond acceptors (Lipinski definition) is 2. The van der Waals surface area contributed by atoms with E-state index >= 15 is 0 Å². The summed E-state index contributed by atoms with van der Waals surface area (Å²) in [7, 11) is 0. The van der Waals surface area contributed by atoms with Crippen molar-refractivity contribution in [2.24, 2.45) is 5.92 Å². The fraction of sp³-hybridized carbons (Fsp3) is 0.217. The van der Waals surface area contributed by atoms with Crippen LogP contribution in [0.5, 0.6) is 0 Å². The van der Waals surface area contributed by atoms with Crippen LogP contribution in [-0.2, 0) is 11.0 Å². The molecule has 1 aliphatic carbocycles. The maximum atomic E-state index is 13.3. The summed E-state index contributed by atoms with van der Waals surface area (Å²) in [6.07, 6.45) is -2.37. The Morgan fingerprint density at radius 2 is 1.66 bits per heavy atom. The Balaban J connectivity index is 1.55. The summed E-state index contributed by atoms with van der Waals surface area (Å²) < 4.78 is 39.9. The van der Waals surface area contributed by atoms with Crippen molar-refractivity contribution in [1.82, 2.24) is 10.3 Å². The molecule has 0 bridgehead atoms. The number of aromatic nitrogens is 1. The van der Waals surface area contributed by atoms with E-state index < -0.39 is 29.6 Å². The monoisotopic (exact) mass is 396 g/mol. The van der Waals surface area contributed by atoms with Crippen molar-refractivity contribution in [3.63, 3.8) is 0 Å². The molecule has 1 N–H and O–H groups in total. The van der Waals surface area contributed by atoms with Crippen molar-refractivity contribution < 1.29 is 18.0 Å². The molecule has 1 aliphatic rings. The molecule has 29 heavy (non-hydrogen) atoms. The Labute approximate surface area is 166 Å². The normalized spacial score (nSPS) is 19.4. The fourth-order valence-corrected chi connectivity index (χ4v) is 3.68. The van der Waals surface area contributed by atoms with Crippen molar-refractivity contribution in [3.8, 4) is 0 Å². The number of halogens is 3.